The minimum absolute atomic E-state index is 0.281. The average Bonchev–Trinajstić information content (AvgIpc) is 2.19. The van der Waals surface area contributed by atoms with Gasteiger partial charge in [0.25, 0.3) is 0 Å². The van der Waals surface area contributed by atoms with E-state index >= 15 is 0 Å². The lowest BCUT2D eigenvalue weighted by atomic mass is 10.1. The fourth-order valence-electron chi connectivity index (χ4n) is 2.09. The molecule has 1 atom stereocenters. The zero-order chi connectivity index (χ0) is 10.8. The molecule has 82 valence electrons. The van der Waals surface area contributed by atoms with E-state index in [9.17, 15) is 5.11 Å². The van der Waals surface area contributed by atoms with E-state index in [0.29, 0.717) is 6.54 Å². The van der Waals surface area contributed by atoms with Crippen LogP contribution in [0.5, 0.6) is 0 Å². The third-order valence-electron chi connectivity index (χ3n) is 2.76. The molecule has 1 aromatic carbocycles. The van der Waals surface area contributed by atoms with Crippen LogP contribution in [0.2, 0.25) is 0 Å². The molecule has 1 aromatic rings. The van der Waals surface area contributed by atoms with Gasteiger partial charge in [0, 0.05) is 19.6 Å². The van der Waals surface area contributed by atoms with E-state index in [4.69, 9.17) is 0 Å². The summed E-state index contributed by atoms with van der Waals surface area (Å²) in [7, 11) is 0. The number of aliphatic hydroxyl groups is 1. The van der Waals surface area contributed by atoms with Gasteiger partial charge in [0.2, 0.25) is 0 Å². The van der Waals surface area contributed by atoms with Crippen molar-refractivity contribution in [3.63, 3.8) is 0 Å². The average molecular weight is 206 g/mol. The summed E-state index contributed by atoms with van der Waals surface area (Å²) in [6.07, 6.45) is -0.281. The molecule has 2 N–H and O–H groups in total. The molecule has 2 rings (SSSR count). The molecular formula is C12H18N2O. The van der Waals surface area contributed by atoms with Crippen molar-refractivity contribution < 1.29 is 5.11 Å². The molecule has 0 saturated heterocycles. The topological polar surface area (TPSA) is 35.5 Å². The molecule has 1 aliphatic heterocycles. The molecule has 1 aliphatic rings. The highest BCUT2D eigenvalue weighted by atomic mass is 16.3. The van der Waals surface area contributed by atoms with Crippen molar-refractivity contribution in [3.05, 3.63) is 23.8 Å². The standard InChI is InChI=1S/C12H18N2O/c1-9-4-3-5-11-12(9)13-6-7-14(11)8-10(2)15/h3-5,10,13,15H,6-8H2,1-2H3. The molecule has 0 bridgehead atoms. The summed E-state index contributed by atoms with van der Waals surface area (Å²) in [5.74, 6) is 0. The summed E-state index contributed by atoms with van der Waals surface area (Å²) >= 11 is 0. The van der Waals surface area contributed by atoms with Crippen LogP contribution in [0, 0.1) is 6.92 Å². The number of aryl methyl sites for hydroxylation is 1. The highest BCUT2D eigenvalue weighted by Gasteiger charge is 2.18. The number of fused-ring (bicyclic) bond motifs is 1. The van der Waals surface area contributed by atoms with Crippen LogP contribution < -0.4 is 10.2 Å². The van der Waals surface area contributed by atoms with Crippen molar-refractivity contribution in [2.45, 2.75) is 20.0 Å². The van der Waals surface area contributed by atoms with E-state index in [0.717, 1.165) is 13.1 Å². The minimum Gasteiger partial charge on any atom is -0.392 e. The van der Waals surface area contributed by atoms with Crippen molar-refractivity contribution in [2.24, 2.45) is 0 Å². The van der Waals surface area contributed by atoms with E-state index in [1.807, 2.05) is 6.92 Å². The maximum Gasteiger partial charge on any atom is 0.0687 e. The SMILES string of the molecule is Cc1cccc2c1NCCN2CC(C)O. The van der Waals surface area contributed by atoms with Crippen LogP contribution in [-0.4, -0.2) is 30.8 Å². The van der Waals surface area contributed by atoms with Gasteiger partial charge in [-0.15, -0.1) is 0 Å². The van der Waals surface area contributed by atoms with Crippen LogP contribution in [0.15, 0.2) is 18.2 Å². The first-order valence-corrected chi connectivity index (χ1v) is 5.45. The number of aliphatic hydroxyl groups excluding tert-OH is 1. The number of benzene rings is 1. The Bertz CT molecular complexity index is 349. The maximum absolute atomic E-state index is 9.44. The zero-order valence-corrected chi connectivity index (χ0v) is 9.33. The second-order valence-corrected chi connectivity index (χ2v) is 4.19. The molecule has 0 saturated carbocycles. The number of para-hydroxylation sites is 1. The Balaban J connectivity index is 2.30. The highest BCUT2D eigenvalue weighted by Crippen LogP contribution is 2.31. The first kappa shape index (κ1) is 10.3. The van der Waals surface area contributed by atoms with Gasteiger partial charge in [0.1, 0.15) is 0 Å². The lowest BCUT2D eigenvalue weighted by Crippen LogP contribution is -2.38. The molecule has 0 spiro atoms. The first-order valence-electron chi connectivity index (χ1n) is 5.45. The first-order chi connectivity index (χ1) is 7.18. The third-order valence-corrected chi connectivity index (χ3v) is 2.76. The Morgan fingerprint density at radius 1 is 1.53 bits per heavy atom. The predicted molar refractivity (Wildman–Crippen MR) is 63.6 cm³/mol. The second-order valence-electron chi connectivity index (χ2n) is 4.19. The number of hydrogen-bond donors (Lipinski definition) is 2. The molecule has 0 amide bonds. The Labute approximate surface area is 90.7 Å². The van der Waals surface area contributed by atoms with E-state index in [2.05, 4.69) is 35.3 Å². The van der Waals surface area contributed by atoms with Crippen LogP contribution in [0.1, 0.15) is 12.5 Å². The van der Waals surface area contributed by atoms with Gasteiger partial charge < -0.3 is 15.3 Å². The van der Waals surface area contributed by atoms with Crippen molar-refractivity contribution >= 4 is 11.4 Å². The van der Waals surface area contributed by atoms with Crippen molar-refractivity contribution in [1.29, 1.82) is 0 Å². The lowest BCUT2D eigenvalue weighted by Gasteiger charge is -2.33. The van der Waals surface area contributed by atoms with Gasteiger partial charge in [-0.05, 0) is 25.5 Å². The van der Waals surface area contributed by atoms with Gasteiger partial charge in [-0.2, -0.15) is 0 Å². The molecule has 1 unspecified atom stereocenters. The smallest absolute Gasteiger partial charge is 0.0687 e. The Hall–Kier alpha value is -1.22. The fourth-order valence-corrected chi connectivity index (χ4v) is 2.09. The second kappa shape index (κ2) is 4.11. The molecule has 0 aromatic heterocycles. The normalized spacial score (nSPS) is 16.9. The van der Waals surface area contributed by atoms with E-state index in [1.165, 1.54) is 16.9 Å². The van der Waals surface area contributed by atoms with Crippen LogP contribution in [-0.2, 0) is 0 Å². The number of hydrogen-bond acceptors (Lipinski definition) is 3. The molecule has 0 radical (unpaired) electrons. The fraction of sp³-hybridized carbons (Fsp3) is 0.500. The predicted octanol–water partition coefficient (Wildman–Crippen LogP) is 1.61. The van der Waals surface area contributed by atoms with Crippen molar-refractivity contribution in [2.75, 3.05) is 29.9 Å². The third kappa shape index (κ3) is 2.07. The molecule has 0 fully saturated rings. The zero-order valence-electron chi connectivity index (χ0n) is 9.33. The van der Waals surface area contributed by atoms with Gasteiger partial charge in [0.05, 0.1) is 17.5 Å². The van der Waals surface area contributed by atoms with E-state index in [1.54, 1.807) is 0 Å². The maximum atomic E-state index is 9.44. The number of β-amino-alcohol motifs (C(OH)–C–C–N with tert-alkyl or cyclic N) is 1. The molecule has 3 nitrogen and oxygen atoms in total. The minimum atomic E-state index is -0.281. The molecule has 15 heavy (non-hydrogen) atoms. The number of rotatable bonds is 2. The van der Waals surface area contributed by atoms with Gasteiger partial charge in [-0.3, -0.25) is 0 Å². The Morgan fingerprint density at radius 3 is 3.07 bits per heavy atom. The van der Waals surface area contributed by atoms with Gasteiger partial charge >= 0.3 is 0 Å². The summed E-state index contributed by atoms with van der Waals surface area (Å²) in [6, 6.07) is 6.28. The Kier molecular flexibility index (Phi) is 2.82. The summed E-state index contributed by atoms with van der Waals surface area (Å²) in [5.41, 5.74) is 3.69. The number of nitrogens with zero attached hydrogens (tertiary/aromatic N) is 1. The molecule has 1 heterocycles. The highest BCUT2D eigenvalue weighted by molar-refractivity contribution is 5.75. The summed E-state index contributed by atoms with van der Waals surface area (Å²) in [4.78, 5) is 2.24. The largest absolute Gasteiger partial charge is 0.392 e. The lowest BCUT2D eigenvalue weighted by molar-refractivity contribution is 0.200. The molecular weight excluding hydrogens is 188 g/mol. The van der Waals surface area contributed by atoms with Crippen LogP contribution in [0.4, 0.5) is 11.4 Å². The quantitative estimate of drug-likeness (QED) is 0.771. The summed E-state index contributed by atoms with van der Waals surface area (Å²) < 4.78 is 0. The van der Waals surface area contributed by atoms with Gasteiger partial charge in [-0.25, -0.2) is 0 Å². The summed E-state index contributed by atoms with van der Waals surface area (Å²) in [6.45, 7) is 6.55. The van der Waals surface area contributed by atoms with Gasteiger partial charge in [0.15, 0.2) is 0 Å². The molecule has 0 aliphatic carbocycles. The monoisotopic (exact) mass is 206 g/mol. The van der Waals surface area contributed by atoms with Crippen LogP contribution in [0.3, 0.4) is 0 Å². The van der Waals surface area contributed by atoms with Crippen molar-refractivity contribution in [1.82, 2.24) is 0 Å². The van der Waals surface area contributed by atoms with E-state index < -0.39 is 0 Å². The van der Waals surface area contributed by atoms with Crippen LogP contribution >= 0.6 is 0 Å². The van der Waals surface area contributed by atoms with Gasteiger partial charge in [-0.1, -0.05) is 12.1 Å². The number of anilines is 2. The van der Waals surface area contributed by atoms with Crippen molar-refractivity contribution in [3.8, 4) is 0 Å². The molecule has 3 heteroatoms. The number of nitrogens with one attached hydrogen (secondary N) is 1. The Morgan fingerprint density at radius 2 is 2.33 bits per heavy atom. The van der Waals surface area contributed by atoms with E-state index in [-0.39, 0.29) is 6.10 Å². The summed E-state index contributed by atoms with van der Waals surface area (Å²) in [5, 5.41) is 12.8. The van der Waals surface area contributed by atoms with Crippen LogP contribution in [0.25, 0.3) is 0 Å².